The molecule has 0 N–H and O–H groups in total. The topological polar surface area (TPSA) is 93.6 Å². The summed E-state index contributed by atoms with van der Waals surface area (Å²) in [5.74, 6) is -1.42. The van der Waals surface area contributed by atoms with E-state index >= 15 is 0 Å². The number of hydrogen-bond acceptors (Lipinski definition) is 7. The van der Waals surface area contributed by atoms with Crippen LogP contribution in [0, 0.1) is 12.8 Å². The zero-order chi connectivity index (χ0) is 19.6. The molecule has 1 atom stereocenters. The molecular weight excluding hydrogens is 388 g/mol. The Bertz CT molecular complexity index is 968. The van der Waals surface area contributed by atoms with E-state index in [-0.39, 0.29) is 24.0 Å². The van der Waals surface area contributed by atoms with Crippen molar-refractivity contribution < 1.29 is 22.7 Å². The lowest BCUT2D eigenvalue weighted by Crippen LogP contribution is -2.22. The fourth-order valence-corrected chi connectivity index (χ4v) is 5.50. The third-order valence-electron chi connectivity index (χ3n) is 4.23. The second-order valence-corrected chi connectivity index (χ2v) is 9.59. The third kappa shape index (κ3) is 4.72. The van der Waals surface area contributed by atoms with Gasteiger partial charge in [0.25, 0.3) is 0 Å². The molecule has 1 aromatic carbocycles. The van der Waals surface area contributed by atoms with Crippen molar-refractivity contribution >= 4 is 43.9 Å². The molecule has 2 aromatic rings. The van der Waals surface area contributed by atoms with Crippen LogP contribution in [0.1, 0.15) is 24.6 Å². The third-order valence-corrected chi connectivity index (χ3v) is 6.88. The number of aromatic nitrogens is 1. The lowest BCUT2D eigenvalue weighted by atomic mass is 10.1. The molecule has 1 fully saturated rings. The van der Waals surface area contributed by atoms with Crippen LogP contribution in [0.25, 0.3) is 0 Å². The van der Waals surface area contributed by atoms with E-state index in [9.17, 15) is 18.0 Å². The maximum Gasteiger partial charge on any atom is 0.310 e. The predicted octanol–water partition coefficient (Wildman–Crippen LogP) is 2.61. The lowest BCUT2D eigenvalue weighted by molar-refractivity contribution is -0.149. The molecule has 27 heavy (non-hydrogen) atoms. The summed E-state index contributed by atoms with van der Waals surface area (Å²) in [5.41, 5.74) is 2.26. The van der Waals surface area contributed by atoms with E-state index in [1.807, 2.05) is 31.2 Å². The van der Waals surface area contributed by atoms with Crippen molar-refractivity contribution in [3.05, 3.63) is 40.9 Å². The minimum atomic E-state index is -3.13. The summed E-state index contributed by atoms with van der Waals surface area (Å²) in [4.78, 5) is 30.1. The average Bonchev–Trinajstić information content (AvgIpc) is 3.19. The van der Waals surface area contributed by atoms with Gasteiger partial charge in [0.1, 0.15) is 6.61 Å². The largest absolute Gasteiger partial charge is 0.459 e. The summed E-state index contributed by atoms with van der Waals surface area (Å²) in [6.45, 7) is 3.35. The number of nitrogens with zero attached hydrogens (tertiary/aromatic N) is 2. The molecule has 1 aromatic heterocycles. The lowest BCUT2D eigenvalue weighted by Gasteiger charge is -2.18. The molecular formula is C18H20N2O5S2. The van der Waals surface area contributed by atoms with Gasteiger partial charge in [-0.15, -0.1) is 11.3 Å². The molecule has 0 bridgehead atoms. The predicted molar refractivity (Wildman–Crippen MR) is 103 cm³/mol. The van der Waals surface area contributed by atoms with Gasteiger partial charge in [-0.2, -0.15) is 0 Å². The van der Waals surface area contributed by atoms with Crippen molar-refractivity contribution in [1.29, 1.82) is 0 Å². The van der Waals surface area contributed by atoms with Gasteiger partial charge in [-0.25, -0.2) is 13.4 Å². The number of carbonyl (C=O) groups is 2. The normalized spacial score (nSPS) is 18.2. The molecule has 7 nitrogen and oxygen atoms in total. The number of anilines is 2. The molecule has 3 rings (SSSR count). The smallest absolute Gasteiger partial charge is 0.310 e. The van der Waals surface area contributed by atoms with E-state index in [1.165, 1.54) is 23.2 Å². The molecule has 0 aliphatic carbocycles. The van der Waals surface area contributed by atoms with Crippen LogP contribution in [0.15, 0.2) is 29.6 Å². The molecule has 1 amide bonds. The van der Waals surface area contributed by atoms with Crippen LogP contribution in [-0.4, -0.2) is 36.8 Å². The first-order valence-corrected chi connectivity index (χ1v) is 11.1. The number of amides is 1. The molecule has 1 aliphatic heterocycles. The summed E-state index contributed by atoms with van der Waals surface area (Å²) < 4.78 is 28.2. The van der Waals surface area contributed by atoms with Crippen molar-refractivity contribution in [3.63, 3.8) is 0 Å². The molecule has 9 heteroatoms. The first-order valence-electron chi connectivity index (χ1n) is 8.44. The summed E-state index contributed by atoms with van der Waals surface area (Å²) >= 11 is 1.28. The molecule has 1 saturated heterocycles. The minimum absolute atomic E-state index is 0.0255. The van der Waals surface area contributed by atoms with Crippen LogP contribution >= 0.6 is 11.3 Å². The second-order valence-electron chi connectivity index (χ2n) is 6.52. The number of ether oxygens (including phenoxy) is 1. The number of sulfone groups is 1. The number of aryl methyl sites for hydroxylation is 1. The van der Waals surface area contributed by atoms with E-state index in [4.69, 9.17) is 4.74 Å². The maximum atomic E-state index is 12.1. The fraction of sp³-hybridized carbons (Fsp3) is 0.389. The molecule has 0 saturated carbocycles. The summed E-state index contributed by atoms with van der Waals surface area (Å²) in [5, 5.41) is 2.21. The van der Waals surface area contributed by atoms with E-state index < -0.39 is 21.7 Å². The zero-order valence-corrected chi connectivity index (χ0v) is 16.7. The fourth-order valence-electron chi connectivity index (χ4n) is 2.90. The van der Waals surface area contributed by atoms with Crippen molar-refractivity contribution in [2.24, 2.45) is 5.92 Å². The van der Waals surface area contributed by atoms with Crippen LogP contribution in [-0.2, 0) is 30.8 Å². The van der Waals surface area contributed by atoms with Gasteiger partial charge in [-0.05, 0) is 31.0 Å². The Morgan fingerprint density at radius 1 is 1.37 bits per heavy atom. The van der Waals surface area contributed by atoms with E-state index in [0.717, 1.165) is 11.3 Å². The van der Waals surface area contributed by atoms with Crippen LogP contribution in [0.5, 0.6) is 0 Å². The zero-order valence-electron chi connectivity index (χ0n) is 15.0. The quantitative estimate of drug-likeness (QED) is 0.706. The number of hydrogen-bond donors (Lipinski definition) is 0. The highest BCUT2D eigenvalue weighted by Crippen LogP contribution is 2.30. The highest BCUT2D eigenvalue weighted by molar-refractivity contribution is 7.91. The number of thiazole rings is 1. The Morgan fingerprint density at radius 3 is 2.78 bits per heavy atom. The molecule has 0 spiro atoms. The van der Waals surface area contributed by atoms with Gasteiger partial charge in [-0.3, -0.25) is 14.5 Å². The van der Waals surface area contributed by atoms with Crippen molar-refractivity contribution in [1.82, 2.24) is 4.98 Å². The van der Waals surface area contributed by atoms with E-state index in [1.54, 1.807) is 5.38 Å². The first-order chi connectivity index (χ1) is 12.7. The van der Waals surface area contributed by atoms with Gasteiger partial charge >= 0.3 is 5.97 Å². The van der Waals surface area contributed by atoms with Crippen LogP contribution < -0.4 is 4.90 Å². The van der Waals surface area contributed by atoms with Crippen LogP contribution in [0.3, 0.4) is 0 Å². The van der Waals surface area contributed by atoms with Crippen molar-refractivity contribution in [2.75, 3.05) is 16.4 Å². The number of carbonyl (C=O) groups excluding carboxylic acids is 2. The Labute approximate surface area is 161 Å². The van der Waals surface area contributed by atoms with Crippen molar-refractivity contribution in [2.45, 2.75) is 26.9 Å². The van der Waals surface area contributed by atoms with Gasteiger partial charge in [0.05, 0.1) is 28.8 Å². The van der Waals surface area contributed by atoms with Gasteiger partial charge in [0, 0.05) is 12.3 Å². The molecule has 144 valence electrons. The number of esters is 1. The monoisotopic (exact) mass is 408 g/mol. The molecule has 2 heterocycles. The SMILES string of the molecule is CC(=O)N(c1cccc(C)c1)c1nc(COC(=O)[C@H]2CCS(=O)(=O)C2)cs1. The Morgan fingerprint density at radius 2 is 2.15 bits per heavy atom. The average molecular weight is 409 g/mol. The summed E-state index contributed by atoms with van der Waals surface area (Å²) in [6.07, 6.45) is 0.301. The Balaban J connectivity index is 1.68. The Kier molecular flexibility index (Phi) is 5.61. The van der Waals surface area contributed by atoms with E-state index in [0.29, 0.717) is 17.2 Å². The minimum Gasteiger partial charge on any atom is -0.459 e. The first kappa shape index (κ1) is 19.5. The van der Waals surface area contributed by atoms with Crippen molar-refractivity contribution in [3.8, 4) is 0 Å². The van der Waals surface area contributed by atoms with Crippen LogP contribution in [0.2, 0.25) is 0 Å². The summed E-state index contributed by atoms with van der Waals surface area (Å²) in [7, 11) is -3.13. The summed E-state index contributed by atoms with van der Waals surface area (Å²) in [6, 6.07) is 7.53. The molecule has 1 aliphatic rings. The van der Waals surface area contributed by atoms with E-state index in [2.05, 4.69) is 4.98 Å². The second kappa shape index (κ2) is 7.77. The highest BCUT2D eigenvalue weighted by atomic mass is 32.2. The molecule has 0 unspecified atom stereocenters. The maximum absolute atomic E-state index is 12.1. The Hall–Kier alpha value is -2.26. The number of rotatable bonds is 5. The standard InChI is InChI=1S/C18H20N2O5S2/c1-12-4-3-5-16(8-12)20(13(2)21)18-19-15(10-26-18)9-25-17(22)14-6-7-27(23,24)11-14/h3-5,8,10,14H,6-7,9,11H2,1-2H3/t14-/m0/s1. The highest BCUT2D eigenvalue weighted by Gasteiger charge is 2.34. The van der Waals surface area contributed by atoms with Gasteiger partial charge < -0.3 is 4.74 Å². The van der Waals surface area contributed by atoms with Crippen LogP contribution in [0.4, 0.5) is 10.8 Å². The van der Waals surface area contributed by atoms with Gasteiger partial charge in [0.15, 0.2) is 15.0 Å². The molecule has 0 radical (unpaired) electrons. The van der Waals surface area contributed by atoms with Gasteiger partial charge in [-0.1, -0.05) is 12.1 Å². The number of benzene rings is 1. The van der Waals surface area contributed by atoms with Gasteiger partial charge in [0.2, 0.25) is 5.91 Å².